The molecule has 5 nitrogen and oxygen atoms in total. The lowest BCUT2D eigenvalue weighted by molar-refractivity contribution is -0.0361. The summed E-state index contributed by atoms with van der Waals surface area (Å²) in [7, 11) is 1.77. The van der Waals surface area contributed by atoms with Crippen LogP contribution in [0.1, 0.15) is 23.4 Å². The fourth-order valence-corrected chi connectivity index (χ4v) is 3.06. The van der Waals surface area contributed by atoms with E-state index in [0.717, 1.165) is 48.8 Å². The van der Waals surface area contributed by atoms with Gasteiger partial charge in [-0.05, 0) is 31.9 Å². The summed E-state index contributed by atoms with van der Waals surface area (Å²) in [5.41, 5.74) is 1.85. The molecule has 0 radical (unpaired) electrons. The molecular weight excluding hydrogens is 292 g/mol. The molecular formula is C18H24N2O3. The van der Waals surface area contributed by atoms with Crippen molar-refractivity contribution < 1.29 is 14.0 Å². The first-order chi connectivity index (χ1) is 11.1. The molecule has 1 aromatic heterocycles. The van der Waals surface area contributed by atoms with E-state index in [0.29, 0.717) is 6.61 Å². The average Bonchev–Trinajstić information content (AvgIpc) is 3.14. The molecule has 0 spiro atoms. The lowest BCUT2D eigenvalue weighted by Crippen LogP contribution is -2.41. The summed E-state index contributed by atoms with van der Waals surface area (Å²) in [6.45, 7) is 7.12. The van der Waals surface area contributed by atoms with Crippen molar-refractivity contribution in [2.75, 3.05) is 26.8 Å². The van der Waals surface area contributed by atoms with E-state index in [1.807, 2.05) is 31.2 Å². The minimum absolute atomic E-state index is 0.263. The number of aromatic nitrogens is 1. The zero-order valence-electron chi connectivity index (χ0n) is 14.0. The first kappa shape index (κ1) is 16.0. The highest BCUT2D eigenvalue weighted by Gasteiger charge is 2.39. The molecule has 1 saturated heterocycles. The van der Waals surface area contributed by atoms with Gasteiger partial charge in [-0.2, -0.15) is 0 Å². The third kappa shape index (κ3) is 3.74. The van der Waals surface area contributed by atoms with E-state index in [4.69, 9.17) is 14.0 Å². The summed E-state index contributed by atoms with van der Waals surface area (Å²) in [6.07, 6.45) is 0.951. The molecule has 2 aromatic rings. The third-order valence-electron chi connectivity index (χ3n) is 4.48. The minimum Gasteiger partial charge on any atom is -0.490 e. The van der Waals surface area contributed by atoms with Crippen LogP contribution in [0.25, 0.3) is 0 Å². The second-order valence-electron chi connectivity index (χ2n) is 6.33. The second kappa shape index (κ2) is 6.72. The molecule has 5 heteroatoms. The van der Waals surface area contributed by atoms with E-state index in [1.54, 1.807) is 7.11 Å². The van der Waals surface area contributed by atoms with Gasteiger partial charge in [0, 0.05) is 32.8 Å². The Balaban J connectivity index is 1.60. The molecule has 1 aromatic carbocycles. The number of methoxy groups -OCH3 is 1. The van der Waals surface area contributed by atoms with Gasteiger partial charge in [-0.15, -0.1) is 0 Å². The van der Waals surface area contributed by atoms with Crippen LogP contribution in [-0.4, -0.2) is 42.5 Å². The number of nitrogens with zero attached hydrogens (tertiary/aromatic N) is 2. The van der Waals surface area contributed by atoms with E-state index in [2.05, 4.69) is 23.0 Å². The maximum Gasteiger partial charge on any atom is 0.133 e. The van der Waals surface area contributed by atoms with Crippen LogP contribution < -0.4 is 4.74 Å². The smallest absolute Gasteiger partial charge is 0.133 e. The first-order valence-electron chi connectivity index (χ1n) is 7.98. The molecule has 3 rings (SSSR count). The average molecular weight is 316 g/mol. The van der Waals surface area contributed by atoms with Crippen LogP contribution in [0, 0.1) is 13.8 Å². The van der Waals surface area contributed by atoms with Gasteiger partial charge < -0.3 is 14.0 Å². The highest BCUT2D eigenvalue weighted by Crippen LogP contribution is 2.28. The van der Waals surface area contributed by atoms with Crippen molar-refractivity contribution in [3.63, 3.8) is 0 Å². The lowest BCUT2D eigenvalue weighted by atomic mass is 10.0. The molecule has 1 fully saturated rings. The van der Waals surface area contributed by atoms with E-state index in [9.17, 15) is 0 Å². The van der Waals surface area contributed by atoms with E-state index in [1.165, 1.54) is 0 Å². The number of hydrogen-bond donors (Lipinski definition) is 0. The molecule has 0 unspecified atom stereocenters. The molecule has 1 aliphatic rings. The zero-order valence-corrected chi connectivity index (χ0v) is 14.0. The third-order valence-corrected chi connectivity index (χ3v) is 4.48. The van der Waals surface area contributed by atoms with Crippen molar-refractivity contribution in [2.45, 2.75) is 32.4 Å². The molecule has 0 saturated carbocycles. The van der Waals surface area contributed by atoms with Crippen LogP contribution in [0.4, 0.5) is 0 Å². The van der Waals surface area contributed by atoms with E-state index in [-0.39, 0.29) is 5.60 Å². The molecule has 1 atom stereocenters. The number of likely N-dealkylation sites (tertiary alicyclic amines) is 1. The highest BCUT2D eigenvalue weighted by molar-refractivity contribution is 5.31. The van der Waals surface area contributed by atoms with Gasteiger partial charge in [0.25, 0.3) is 0 Å². The van der Waals surface area contributed by atoms with Crippen molar-refractivity contribution in [2.24, 2.45) is 0 Å². The molecule has 2 heterocycles. The van der Waals surface area contributed by atoms with Gasteiger partial charge in [0.1, 0.15) is 23.7 Å². The molecule has 124 valence electrons. The number of benzene rings is 1. The Labute approximate surface area is 137 Å². The Hall–Kier alpha value is -1.85. The van der Waals surface area contributed by atoms with Crippen LogP contribution in [0.2, 0.25) is 0 Å². The summed E-state index contributed by atoms with van der Waals surface area (Å²) in [4.78, 5) is 2.34. The summed E-state index contributed by atoms with van der Waals surface area (Å²) in [5.74, 6) is 1.77. The van der Waals surface area contributed by atoms with Crippen LogP contribution in [0.5, 0.6) is 5.75 Å². The second-order valence-corrected chi connectivity index (χ2v) is 6.33. The Bertz CT molecular complexity index is 655. The zero-order chi connectivity index (χ0) is 16.3. The largest absolute Gasteiger partial charge is 0.490 e. The maximum absolute atomic E-state index is 6.03. The van der Waals surface area contributed by atoms with Gasteiger partial charge in [-0.1, -0.05) is 23.4 Å². The summed E-state index contributed by atoms with van der Waals surface area (Å²) in [6, 6.07) is 10.1. The van der Waals surface area contributed by atoms with E-state index < -0.39 is 0 Å². The highest BCUT2D eigenvalue weighted by atomic mass is 16.5. The normalized spacial score (nSPS) is 21.7. The molecule has 0 N–H and O–H groups in total. The van der Waals surface area contributed by atoms with Crippen molar-refractivity contribution in [3.05, 3.63) is 47.3 Å². The van der Waals surface area contributed by atoms with Crippen molar-refractivity contribution >= 4 is 0 Å². The summed E-state index contributed by atoms with van der Waals surface area (Å²) < 4.78 is 17.0. The fourth-order valence-electron chi connectivity index (χ4n) is 3.06. The minimum atomic E-state index is -0.263. The number of ether oxygens (including phenoxy) is 2. The van der Waals surface area contributed by atoms with Gasteiger partial charge in [0.05, 0.1) is 5.69 Å². The molecule has 0 aliphatic carbocycles. The van der Waals surface area contributed by atoms with Crippen LogP contribution >= 0.6 is 0 Å². The standard InChI is InChI=1S/C18H24N2O3/c1-14-6-4-5-7-17(14)22-13-18(21-3)8-9-20(12-18)11-16-10-15(2)23-19-16/h4-7,10H,8-9,11-13H2,1-3H3/t18-/m1/s1. The fraction of sp³-hybridized carbons (Fsp3) is 0.500. The summed E-state index contributed by atoms with van der Waals surface area (Å²) >= 11 is 0. The monoisotopic (exact) mass is 316 g/mol. The number of aryl methyl sites for hydroxylation is 2. The SMILES string of the molecule is CO[C@]1(COc2ccccc2C)CCN(Cc2cc(C)on2)C1. The van der Waals surface area contributed by atoms with Gasteiger partial charge in [-0.3, -0.25) is 4.90 Å². The van der Waals surface area contributed by atoms with Gasteiger partial charge >= 0.3 is 0 Å². The van der Waals surface area contributed by atoms with Crippen molar-refractivity contribution in [1.82, 2.24) is 10.1 Å². The number of hydrogen-bond acceptors (Lipinski definition) is 5. The van der Waals surface area contributed by atoms with Crippen LogP contribution in [-0.2, 0) is 11.3 Å². The van der Waals surface area contributed by atoms with Crippen molar-refractivity contribution in [1.29, 1.82) is 0 Å². The van der Waals surface area contributed by atoms with Gasteiger partial charge in [0.2, 0.25) is 0 Å². The Kier molecular flexibility index (Phi) is 4.68. The quantitative estimate of drug-likeness (QED) is 0.820. The van der Waals surface area contributed by atoms with Gasteiger partial charge in [-0.25, -0.2) is 0 Å². The van der Waals surface area contributed by atoms with Crippen LogP contribution in [0.3, 0.4) is 0 Å². The van der Waals surface area contributed by atoms with Gasteiger partial charge in [0.15, 0.2) is 0 Å². The Morgan fingerprint density at radius 2 is 2.13 bits per heavy atom. The molecule has 0 bridgehead atoms. The predicted octanol–water partition coefficient (Wildman–Crippen LogP) is 2.96. The number of para-hydroxylation sites is 1. The summed E-state index contributed by atoms with van der Waals surface area (Å²) in [5, 5.41) is 4.07. The first-order valence-corrected chi connectivity index (χ1v) is 7.98. The molecule has 23 heavy (non-hydrogen) atoms. The topological polar surface area (TPSA) is 47.7 Å². The van der Waals surface area contributed by atoms with E-state index >= 15 is 0 Å². The molecule has 1 aliphatic heterocycles. The lowest BCUT2D eigenvalue weighted by Gasteiger charge is -2.28. The Morgan fingerprint density at radius 1 is 1.30 bits per heavy atom. The predicted molar refractivity (Wildman–Crippen MR) is 87.5 cm³/mol. The van der Waals surface area contributed by atoms with Crippen molar-refractivity contribution in [3.8, 4) is 5.75 Å². The number of rotatable bonds is 6. The van der Waals surface area contributed by atoms with Crippen LogP contribution in [0.15, 0.2) is 34.9 Å². The molecule has 0 amide bonds. The Morgan fingerprint density at radius 3 is 2.83 bits per heavy atom. The maximum atomic E-state index is 6.03.